The molecule has 1 aromatic carbocycles. The Morgan fingerprint density at radius 1 is 1.40 bits per heavy atom. The molecule has 25 heavy (non-hydrogen) atoms. The molecule has 7 nitrogen and oxygen atoms in total. The van der Waals surface area contributed by atoms with Gasteiger partial charge in [-0.3, -0.25) is 24.6 Å². The van der Waals surface area contributed by atoms with Gasteiger partial charge in [-0.1, -0.05) is 24.0 Å². The Balaban J connectivity index is 1.99. The van der Waals surface area contributed by atoms with Crippen LogP contribution in [0.4, 0.5) is 5.69 Å². The van der Waals surface area contributed by atoms with E-state index in [1.807, 2.05) is 0 Å². The van der Waals surface area contributed by atoms with Gasteiger partial charge in [0.1, 0.15) is 4.32 Å². The number of carbonyl (C=O) groups is 2. The molecule has 9 heteroatoms. The Hall–Kier alpha value is -2.26. The summed E-state index contributed by atoms with van der Waals surface area (Å²) in [6.07, 6.45) is 2.34. The van der Waals surface area contributed by atoms with Crippen LogP contribution < -0.4 is 0 Å². The van der Waals surface area contributed by atoms with Gasteiger partial charge < -0.3 is 4.74 Å². The summed E-state index contributed by atoms with van der Waals surface area (Å²) in [5, 5.41) is 10.7. The van der Waals surface area contributed by atoms with Crippen LogP contribution in [0.1, 0.15) is 25.3 Å². The van der Waals surface area contributed by atoms with E-state index in [2.05, 4.69) is 0 Å². The minimum atomic E-state index is -0.479. The molecule has 1 aliphatic rings. The highest BCUT2D eigenvalue weighted by Gasteiger charge is 2.31. The van der Waals surface area contributed by atoms with Gasteiger partial charge in [0.05, 0.1) is 16.4 Å². The standard InChI is InChI=1S/C16H16N2O5S2/c1-2-23-14(19)4-3-9-17-15(20)13(25-16(17)24)10-11-5-7-12(8-6-11)18(21)22/h5-8,10H,2-4,9H2,1H3/b13-10-. The van der Waals surface area contributed by atoms with Crippen LogP contribution in [0.3, 0.4) is 0 Å². The lowest BCUT2D eigenvalue weighted by molar-refractivity contribution is -0.384. The van der Waals surface area contributed by atoms with Gasteiger partial charge in [-0.25, -0.2) is 0 Å². The molecule has 0 aromatic heterocycles. The second-order valence-electron chi connectivity index (χ2n) is 5.09. The number of hydrogen-bond donors (Lipinski definition) is 0. The molecule has 1 saturated heterocycles. The van der Waals surface area contributed by atoms with Gasteiger partial charge in [0.15, 0.2) is 0 Å². The van der Waals surface area contributed by atoms with E-state index in [0.717, 1.165) is 0 Å². The van der Waals surface area contributed by atoms with Crippen molar-refractivity contribution in [2.75, 3.05) is 13.2 Å². The largest absolute Gasteiger partial charge is 0.466 e. The van der Waals surface area contributed by atoms with Crippen molar-refractivity contribution in [3.8, 4) is 0 Å². The molecule has 0 radical (unpaired) electrons. The highest BCUT2D eigenvalue weighted by molar-refractivity contribution is 8.26. The van der Waals surface area contributed by atoms with Crippen molar-refractivity contribution in [2.24, 2.45) is 0 Å². The van der Waals surface area contributed by atoms with E-state index in [-0.39, 0.29) is 24.0 Å². The van der Waals surface area contributed by atoms with Crippen molar-refractivity contribution in [1.29, 1.82) is 0 Å². The number of non-ortho nitro benzene ring substituents is 1. The van der Waals surface area contributed by atoms with Gasteiger partial charge in [-0.2, -0.15) is 0 Å². The molecule has 1 heterocycles. The molecule has 0 bridgehead atoms. The van der Waals surface area contributed by atoms with E-state index in [1.165, 1.54) is 28.8 Å². The maximum atomic E-state index is 12.4. The number of nitro groups is 1. The summed E-state index contributed by atoms with van der Waals surface area (Å²) < 4.78 is 5.28. The highest BCUT2D eigenvalue weighted by atomic mass is 32.2. The SMILES string of the molecule is CCOC(=O)CCCN1C(=O)/C(=C/c2ccc([N+](=O)[O-])cc2)SC1=S. The fourth-order valence-corrected chi connectivity index (χ4v) is 3.46. The lowest BCUT2D eigenvalue weighted by atomic mass is 10.2. The first-order valence-corrected chi connectivity index (χ1v) is 8.80. The number of benzene rings is 1. The van der Waals surface area contributed by atoms with E-state index in [4.69, 9.17) is 17.0 Å². The zero-order valence-corrected chi connectivity index (χ0v) is 15.1. The van der Waals surface area contributed by atoms with Crippen molar-refractivity contribution in [3.63, 3.8) is 0 Å². The first kappa shape index (κ1) is 19.1. The van der Waals surface area contributed by atoms with Crippen LogP contribution in [0.5, 0.6) is 0 Å². The first-order chi connectivity index (χ1) is 11.9. The van der Waals surface area contributed by atoms with Crippen molar-refractivity contribution >= 4 is 51.9 Å². The third-order valence-electron chi connectivity index (χ3n) is 3.34. The molecular weight excluding hydrogens is 364 g/mol. The lowest BCUT2D eigenvalue weighted by Gasteiger charge is -2.13. The first-order valence-electron chi connectivity index (χ1n) is 7.57. The molecule has 1 aliphatic heterocycles. The topological polar surface area (TPSA) is 89.8 Å². The van der Waals surface area contributed by atoms with Crippen LogP contribution in [-0.4, -0.2) is 39.2 Å². The minimum Gasteiger partial charge on any atom is -0.466 e. The van der Waals surface area contributed by atoms with Crippen molar-refractivity contribution in [3.05, 3.63) is 44.8 Å². The van der Waals surface area contributed by atoms with Crippen LogP contribution in [0.15, 0.2) is 29.2 Å². The third kappa shape index (κ3) is 5.10. The number of ether oxygens (including phenoxy) is 1. The van der Waals surface area contributed by atoms with Crippen molar-refractivity contribution < 1.29 is 19.2 Å². The molecule has 0 aliphatic carbocycles. The van der Waals surface area contributed by atoms with E-state index in [1.54, 1.807) is 25.1 Å². The molecule has 0 saturated carbocycles. The predicted molar refractivity (Wildman–Crippen MR) is 98.8 cm³/mol. The zero-order valence-electron chi connectivity index (χ0n) is 13.5. The number of hydrogen-bond acceptors (Lipinski definition) is 7. The molecule has 0 spiro atoms. The number of thioether (sulfide) groups is 1. The summed E-state index contributed by atoms with van der Waals surface area (Å²) >= 11 is 6.39. The summed E-state index contributed by atoms with van der Waals surface area (Å²) in [4.78, 5) is 35.8. The van der Waals surface area contributed by atoms with E-state index < -0.39 is 4.92 Å². The normalized spacial score (nSPS) is 15.7. The van der Waals surface area contributed by atoms with Crippen LogP contribution in [0, 0.1) is 10.1 Å². The number of rotatable bonds is 7. The number of esters is 1. The summed E-state index contributed by atoms with van der Waals surface area (Å²) in [6.45, 7) is 2.42. The van der Waals surface area contributed by atoms with Crippen LogP contribution >= 0.6 is 24.0 Å². The van der Waals surface area contributed by atoms with Gasteiger partial charge in [0.2, 0.25) is 0 Å². The Kier molecular flexibility index (Phi) is 6.65. The van der Waals surface area contributed by atoms with Crippen molar-refractivity contribution in [1.82, 2.24) is 4.90 Å². The number of amides is 1. The van der Waals surface area contributed by atoms with E-state index >= 15 is 0 Å². The third-order valence-corrected chi connectivity index (χ3v) is 4.72. The average molecular weight is 380 g/mol. The number of carbonyl (C=O) groups excluding carboxylic acids is 2. The van der Waals surface area contributed by atoms with Gasteiger partial charge in [0, 0.05) is 25.1 Å². The molecule has 132 valence electrons. The van der Waals surface area contributed by atoms with Gasteiger partial charge >= 0.3 is 5.97 Å². The number of thiocarbonyl (C=S) groups is 1. The second kappa shape index (κ2) is 8.72. The Morgan fingerprint density at radius 3 is 2.68 bits per heavy atom. The highest BCUT2D eigenvalue weighted by Crippen LogP contribution is 2.32. The van der Waals surface area contributed by atoms with Crippen molar-refractivity contribution in [2.45, 2.75) is 19.8 Å². The molecule has 1 aromatic rings. The summed E-state index contributed by atoms with van der Waals surface area (Å²) in [7, 11) is 0. The Bertz CT molecular complexity index is 731. The van der Waals surface area contributed by atoms with Gasteiger partial charge in [0.25, 0.3) is 11.6 Å². The molecule has 1 amide bonds. The molecule has 0 unspecified atom stereocenters. The Morgan fingerprint density at radius 2 is 2.08 bits per heavy atom. The Labute approximate surface area is 154 Å². The summed E-state index contributed by atoms with van der Waals surface area (Å²) in [5.41, 5.74) is 0.668. The lowest BCUT2D eigenvalue weighted by Crippen LogP contribution is -2.29. The predicted octanol–water partition coefficient (Wildman–Crippen LogP) is 3.14. The van der Waals surface area contributed by atoms with Crippen LogP contribution in [0.25, 0.3) is 6.08 Å². The molecule has 0 N–H and O–H groups in total. The number of nitro benzene ring substituents is 1. The van der Waals surface area contributed by atoms with Gasteiger partial charge in [-0.05, 0) is 37.1 Å². The van der Waals surface area contributed by atoms with E-state index in [0.29, 0.717) is 34.4 Å². The van der Waals surface area contributed by atoms with Crippen LogP contribution in [-0.2, 0) is 14.3 Å². The molecule has 2 rings (SSSR count). The average Bonchev–Trinajstić information content (AvgIpc) is 2.83. The second-order valence-corrected chi connectivity index (χ2v) is 6.77. The smallest absolute Gasteiger partial charge is 0.305 e. The fraction of sp³-hybridized carbons (Fsp3) is 0.312. The van der Waals surface area contributed by atoms with Gasteiger partial charge in [-0.15, -0.1) is 0 Å². The maximum absolute atomic E-state index is 12.4. The zero-order chi connectivity index (χ0) is 18.4. The molecule has 1 fully saturated rings. The quantitative estimate of drug-likeness (QED) is 0.236. The minimum absolute atomic E-state index is 0.0105. The molecule has 0 atom stereocenters. The van der Waals surface area contributed by atoms with E-state index in [9.17, 15) is 19.7 Å². The van der Waals surface area contributed by atoms with Crippen LogP contribution in [0.2, 0.25) is 0 Å². The monoisotopic (exact) mass is 380 g/mol. The molecular formula is C16H16N2O5S2. The summed E-state index contributed by atoms with van der Waals surface area (Å²) in [5.74, 6) is -0.522. The maximum Gasteiger partial charge on any atom is 0.305 e. The fourth-order valence-electron chi connectivity index (χ4n) is 2.15. The number of nitrogens with zero attached hydrogens (tertiary/aromatic N) is 2. The summed E-state index contributed by atoms with van der Waals surface area (Å²) in [6, 6.07) is 5.91.